The Morgan fingerprint density at radius 1 is 0.964 bits per heavy atom. The number of carboxylic acids is 1. The van der Waals surface area contributed by atoms with E-state index in [-0.39, 0.29) is 12.5 Å². The number of unbranched alkanes of at least 4 members (excludes halogenated alkanes) is 7. The largest absolute Gasteiger partial charge is 0.480 e. The molecule has 0 aromatic rings. The van der Waals surface area contributed by atoms with Crippen LogP contribution >= 0.6 is 0 Å². The normalized spacial score (nSPS) is 17.4. The number of hydrogen-bond donors (Lipinski definition) is 6. The molecule has 28 heavy (non-hydrogen) atoms. The van der Waals surface area contributed by atoms with Crippen LogP contribution in [0.15, 0.2) is 12.2 Å². The van der Waals surface area contributed by atoms with Gasteiger partial charge in [0.15, 0.2) is 5.54 Å². The summed E-state index contributed by atoms with van der Waals surface area (Å²) in [6.45, 7) is 1.22. The molecular weight excluding hydrogens is 362 g/mol. The van der Waals surface area contributed by atoms with Crippen molar-refractivity contribution in [2.45, 2.75) is 108 Å². The van der Waals surface area contributed by atoms with Crippen molar-refractivity contribution in [2.75, 3.05) is 6.61 Å². The summed E-state index contributed by atoms with van der Waals surface area (Å²) in [4.78, 5) is 11.0. The first-order valence-corrected chi connectivity index (χ1v) is 10.6. The molecular formula is C21H41NO6. The fourth-order valence-corrected chi connectivity index (χ4v) is 3.06. The third kappa shape index (κ3) is 11.1. The van der Waals surface area contributed by atoms with Gasteiger partial charge in [-0.2, -0.15) is 0 Å². The van der Waals surface area contributed by atoms with Gasteiger partial charge in [0.1, 0.15) is 6.10 Å². The van der Waals surface area contributed by atoms with E-state index in [0.29, 0.717) is 0 Å². The van der Waals surface area contributed by atoms with E-state index >= 15 is 0 Å². The van der Waals surface area contributed by atoms with E-state index in [9.17, 15) is 20.1 Å². The van der Waals surface area contributed by atoms with Crippen molar-refractivity contribution in [3.63, 3.8) is 0 Å². The molecule has 0 aromatic heterocycles. The van der Waals surface area contributed by atoms with Gasteiger partial charge < -0.3 is 31.3 Å². The highest BCUT2D eigenvalue weighted by Crippen LogP contribution is 2.15. The third-order valence-electron chi connectivity index (χ3n) is 5.15. The Bertz CT molecular complexity index is 431. The Labute approximate surface area is 169 Å². The number of carboxylic acid groups (broad SMARTS) is 1. The zero-order chi connectivity index (χ0) is 21.4. The van der Waals surface area contributed by atoms with Gasteiger partial charge in [-0.05, 0) is 32.1 Å². The van der Waals surface area contributed by atoms with Crippen LogP contribution in [0, 0.1) is 0 Å². The van der Waals surface area contributed by atoms with Gasteiger partial charge >= 0.3 is 5.97 Å². The number of aliphatic carboxylic acids is 1. The molecule has 7 N–H and O–H groups in total. The first-order chi connectivity index (χ1) is 13.3. The van der Waals surface area contributed by atoms with E-state index in [1.807, 2.05) is 6.08 Å². The van der Waals surface area contributed by atoms with Gasteiger partial charge in [0.25, 0.3) is 0 Å². The second-order valence-electron chi connectivity index (χ2n) is 7.72. The van der Waals surface area contributed by atoms with Crippen LogP contribution in [-0.2, 0) is 4.79 Å². The van der Waals surface area contributed by atoms with Crippen molar-refractivity contribution in [3.05, 3.63) is 12.2 Å². The average Bonchev–Trinajstić information content (AvgIpc) is 2.68. The SMILES string of the molecule is CCCCCCC(O)CCCCCC/C=C/C[C@@H](O)[C@H](O)C(N)(CO)C(=O)O. The van der Waals surface area contributed by atoms with Crippen molar-refractivity contribution in [3.8, 4) is 0 Å². The molecule has 4 atom stereocenters. The molecule has 0 saturated carbocycles. The monoisotopic (exact) mass is 403 g/mol. The maximum Gasteiger partial charge on any atom is 0.328 e. The smallest absolute Gasteiger partial charge is 0.328 e. The summed E-state index contributed by atoms with van der Waals surface area (Å²) in [5, 5.41) is 47.7. The molecule has 0 heterocycles. The predicted molar refractivity (Wildman–Crippen MR) is 110 cm³/mol. The minimum Gasteiger partial charge on any atom is -0.480 e. The molecule has 2 unspecified atom stereocenters. The van der Waals surface area contributed by atoms with Gasteiger partial charge in [0.05, 0.1) is 18.8 Å². The van der Waals surface area contributed by atoms with Gasteiger partial charge in [-0.1, -0.05) is 64.0 Å². The standard InChI is InChI=1S/C21H41NO6/c1-2-3-4-10-13-17(24)14-11-8-6-5-7-9-12-15-18(25)19(26)21(22,16-23)20(27)28/h9,12,17-19,23-26H,2-8,10-11,13-16,22H2,1H3,(H,27,28)/b12-9+/t17?,18-,19+,21?/m1/s1. The van der Waals surface area contributed by atoms with E-state index in [2.05, 4.69) is 6.92 Å². The lowest BCUT2D eigenvalue weighted by molar-refractivity contribution is -0.154. The average molecular weight is 404 g/mol. The van der Waals surface area contributed by atoms with Gasteiger partial charge in [0, 0.05) is 0 Å². The molecule has 0 radical (unpaired) electrons. The van der Waals surface area contributed by atoms with Crippen LogP contribution in [0.1, 0.15) is 84.0 Å². The van der Waals surface area contributed by atoms with Crippen molar-refractivity contribution < 1.29 is 30.3 Å². The summed E-state index contributed by atoms with van der Waals surface area (Å²) < 4.78 is 0. The number of aliphatic hydroxyl groups is 4. The van der Waals surface area contributed by atoms with Gasteiger partial charge in [0.2, 0.25) is 0 Å². The molecule has 7 nitrogen and oxygen atoms in total. The second-order valence-corrected chi connectivity index (χ2v) is 7.72. The summed E-state index contributed by atoms with van der Waals surface area (Å²) in [6.07, 6.45) is 11.9. The fourth-order valence-electron chi connectivity index (χ4n) is 3.06. The Kier molecular flexibility index (Phi) is 15.3. The lowest BCUT2D eigenvalue weighted by Gasteiger charge is -2.30. The highest BCUT2D eigenvalue weighted by atomic mass is 16.4. The Morgan fingerprint density at radius 2 is 1.54 bits per heavy atom. The highest BCUT2D eigenvalue weighted by molar-refractivity contribution is 5.79. The van der Waals surface area contributed by atoms with Crippen LogP contribution in [0.4, 0.5) is 0 Å². The Morgan fingerprint density at radius 3 is 2.07 bits per heavy atom. The van der Waals surface area contributed by atoms with Gasteiger partial charge in [-0.25, -0.2) is 0 Å². The predicted octanol–water partition coefficient (Wildman–Crippen LogP) is 2.10. The van der Waals surface area contributed by atoms with E-state index in [1.54, 1.807) is 6.08 Å². The summed E-state index contributed by atoms with van der Waals surface area (Å²) in [5.74, 6) is -1.56. The van der Waals surface area contributed by atoms with Gasteiger partial charge in [-0.3, -0.25) is 4.79 Å². The summed E-state index contributed by atoms with van der Waals surface area (Å²) in [6, 6.07) is 0. The molecule has 0 saturated heterocycles. The quantitative estimate of drug-likeness (QED) is 0.152. The molecule has 0 bridgehead atoms. The highest BCUT2D eigenvalue weighted by Gasteiger charge is 2.44. The lowest BCUT2D eigenvalue weighted by Crippen LogP contribution is -2.63. The molecule has 0 aromatic carbocycles. The first kappa shape index (κ1) is 27.0. The molecule has 166 valence electrons. The molecule has 0 rings (SSSR count). The van der Waals surface area contributed by atoms with Crippen molar-refractivity contribution in [1.29, 1.82) is 0 Å². The van der Waals surface area contributed by atoms with Crippen LogP contribution in [0.25, 0.3) is 0 Å². The van der Waals surface area contributed by atoms with Crippen LogP contribution in [-0.4, -0.2) is 62.0 Å². The summed E-state index contributed by atoms with van der Waals surface area (Å²) in [7, 11) is 0. The van der Waals surface area contributed by atoms with Crippen LogP contribution in [0.5, 0.6) is 0 Å². The Hall–Kier alpha value is -0.990. The zero-order valence-corrected chi connectivity index (χ0v) is 17.3. The molecule has 0 amide bonds. The number of aliphatic hydroxyl groups excluding tert-OH is 4. The van der Waals surface area contributed by atoms with Crippen LogP contribution in [0.3, 0.4) is 0 Å². The minimum atomic E-state index is -2.27. The molecule has 0 aliphatic heterocycles. The number of allylic oxidation sites excluding steroid dienone is 1. The van der Waals surface area contributed by atoms with E-state index in [4.69, 9.17) is 15.9 Å². The molecule has 0 fully saturated rings. The lowest BCUT2D eigenvalue weighted by atomic mass is 9.89. The molecule has 7 heteroatoms. The maximum absolute atomic E-state index is 11.0. The number of nitrogens with two attached hydrogens (primary N) is 1. The summed E-state index contributed by atoms with van der Waals surface area (Å²) in [5.41, 5.74) is 3.17. The molecule has 0 aliphatic carbocycles. The van der Waals surface area contributed by atoms with Crippen LogP contribution < -0.4 is 5.73 Å². The van der Waals surface area contributed by atoms with E-state index in [0.717, 1.165) is 51.4 Å². The van der Waals surface area contributed by atoms with Crippen molar-refractivity contribution >= 4 is 5.97 Å². The fraction of sp³-hybridized carbons (Fsp3) is 0.857. The maximum atomic E-state index is 11.0. The minimum absolute atomic E-state index is 0.0671. The molecule has 0 spiro atoms. The van der Waals surface area contributed by atoms with Crippen molar-refractivity contribution in [1.82, 2.24) is 0 Å². The first-order valence-electron chi connectivity index (χ1n) is 10.6. The Balaban J connectivity index is 3.79. The van der Waals surface area contributed by atoms with Gasteiger partial charge in [-0.15, -0.1) is 0 Å². The zero-order valence-electron chi connectivity index (χ0n) is 17.3. The third-order valence-corrected chi connectivity index (χ3v) is 5.15. The van der Waals surface area contributed by atoms with Crippen LogP contribution in [0.2, 0.25) is 0 Å². The number of hydrogen-bond acceptors (Lipinski definition) is 6. The number of carbonyl (C=O) groups is 1. The van der Waals surface area contributed by atoms with E-state index < -0.39 is 30.3 Å². The topological polar surface area (TPSA) is 144 Å². The van der Waals surface area contributed by atoms with Crippen molar-refractivity contribution in [2.24, 2.45) is 5.73 Å². The second kappa shape index (κ2) is 15.9. The number of rotatable bonds is 18. The summed E-state index contributed by atoms with van der Waals surface area (Å²) >= 11 is 0. The van der Waals surface area contributed by atoms with E-state index in [1.165, 1.54) is 19.3 Å². The molecule has 0 aliphatic rings.